The van der Waals surface area contributed by atoms with Gasteiger partial charge in [-0.15, -0.1) is 0 Å². The summed E-state index contributed by atoms with van der Waals surface area (Å²) in [6.07, 6.45) is 1.43. The summed E-state index contributed by atoms with van der Waals surface area (Å²) in [4.78, 5) is 32.3. The second-order valence-corrected chi connectivity index (χ2v) is 7.81. The van der Waals surface area contributed by atoms with Crippen molar-refractivity contribution >= 4 is 22.6 Å². The molecule has 162 valence electrons. The van der Waals surface area contributed by atoms with Gasteiger partial charge in [-0.2, -0.15) is 0 Å². The highest BCUT2D eigenvalue weighted by molar-refractivity contribution is 5.93. The first-order chi connectivity index (χ1) is 15.0. The number of hydrogen-bond donors (Lipinski definition) is 1. The Labute approximate surface area is 181 Å². The number of piperazine rings is 1. The number of nitrogens with zero attached hydrogens (tertiary/aromatic N) is 2. The fourth-order valence-electron chi connectivity index (χ4n) is 4.05. The van der Waals surface area contributed by atoms with Crippen LogP contribution in [-0.4, -0.2) is 56.3 Å². The van der Waals surface area contributed by atoms with Crippen molar-refractivity contribution in [2.45, 2.75) is 13.5 Å². The largest absolute Gasteiger partial charge is 0.497 e. The van der Waals surface area contributed by atoms with Crippen LogP contribution < -0.4 is 15.1 Å². The monoisotopic (exact) mass is 421 g/mol. The van der Waals surface area contributed by atoms with Crippen molar-refractivity contribution in [3.8, 4) is 5.75 Å². The minimum atomic E-state index is -0.625. The SMILES string of the molecule is COC(=O)c1c[nH]c2cc(CN3CCN(c4ccc(OC)cc4)CC3)c(C)cc2c1=O. The molecule has 1 N–H and O–H groups in total. The van der Waals surface area contributed by atoms with Gasteiger partial charge in [-0.3, -0.25) is 9.69 Å². The summed E-state index contributed by atoms with van der Waals surface area (Å²) in [6, 6.07) is 12.1. The summed E-state index contributed by atoms with van der Waals surface area (Å²) in [5.74, 6) is 0.241. The molecule has 4 rings (SSSR count). The summed E-state index contributed by atoms with van der Waals surface area (Å²) in [7, 11) is 2.95. The number of benzene rings is 2. The Morgan fingerprint density at radius 1 is 1.06 bits per heavy atom. The van der Waals surface area contributed by atoms with E-state index in [0.717, 1.165) is 49.6 Å². The quantitative estimate of drug-likeness (QED) is 0.639. The maximum Gasteiger partial charge on any atom is 0.343 e. The first-order valence-electron chi connectivity index (χ1n) is 10.3. The maximum absolute atomic E-state index is 12.6. The first-order valence-corrected chi connectivity index (χ1v) is 10.3. The molecule has 0 spiro atoms. The molecule has 2 heterocycles. The molecule has 31 heavy (non-hydrogen) atoms. The normalized spacial score (nSPS) is 14.6. The van der Waals surface area contributed by atoms with E-state index < -0.39 is 5.97 Å². The number of nitrogens with one attached hydrogen (secondary N) is 1. The van der Waals surface area contributed by atoms with E-state index in [1.54, 1.807) is 7.11 Å². The van der Waals surface area contributed by atoms with E-state index in [4.69, 9.17) is 9.47 Å². The van der Waals surface area contributed by atoms with E-state index in [9.17, 15) is 9.59 Å². The van der Waals surface area contributed by atoms with Gasteiger partial charge in [0.2, 0.25) is 5.43 Å². The van der Waals surface area contributed by atoms with E-state index in [1.165, 1.54) is 24.6 Å². The van der Waals surface area contributed by atoms with Crippen LogP contribution in [0.4, 0.5) is 5.69 Å². The van der Waals surface area contributed by atoms with E-state index >= 15 is 0 Å². The lowest BCUT2D eigenvalue weighted by atomic mass is 10.0. The van der Waals surface area contributed by atoms with E-state index in [2.05, 4.69) is 26.9 Å². The number of aryl methyl sites for hydroxylation is 1. The number of carbonyl (C=O) groups is 1. The van der Waals surface area contributed by atoms with Crippen LogP contribution in [0.25, 0.3) is 10.9 Å². The molecule has 1 fully saturated rings. The Kier molecular flexibility index (Phi) is 5.95. The molecule has 0 unspecified atom stereocenters. The highest BCUT2D eigenvalue weighted by Crippen LogP contribution is 2.22. The van der Waals surface area contributed by atoms with Crippen LogP contribution in [-0.2, 0) is 11.3 Å². The second kappa shape index (κ2) is 8.81. The van der Waals surface area contributed by atoms with Gasteiger partial charge < -0.3 is 19.4 Å². The van der Waals surface area contributed by atoms with Gasteiger partial charge in [0.1, 0.15) is 11.3 Å². The van der Waals surface area contributed by atoms with Gasteiger partial charge in [0.05, 0.1) is 14.2 Å². The Hall–Kier alpha value is -3.32. The third-order valence-electron chi connectivity index (χ3n) is 5.95. The molecule has 0 atom stereocenters. The zero-order valence-electron chi connectivity index (χ0n) is 18.1. The number of methoxy groups -OCH3 is 2. The minimum absolute atomic E-state index is 0.0248. The third-order valence-corrected chi connectivity index (χ3v) is 5.95. The van der Waals surface area contributed by atoms with Gasteiger partial charge in [-0.1, -0.05) is 0 Å². The molecule has 7 heteroatoms. The summed E-state index contributed by atoms with van der Waals surface area (Å²) in [6.45, 7) is 6.66. The van der Waals surface area contributed by atoms with E-state index in [0.29, 0.717) is 5.39 Å². The molecular formula is C24H27N3O4. The molecule has 0 amide bonds. The van der Waals surface area contributed by atoms with Crippen molar-refractivity contribution in [2.24, 2.45) is 0 Å². The van der Waals surface area contributed by atoms with Gasteiger partial charge in [0.15, 0.2) is 0 Å². The molecule has 0 radical (unpaired) electrons. The van der Waals surface area contributed by atoms with Crippen LogP contribution >= 0.6 is 0 Å². The maximum atomic E-state index is 12.6. The van der Waals surface area contributed by atoms with Crippen molar-refractivity contribution in [3.63, 3.8) is 0 Å². The van der Waals surface area contributed by atoms with Crippen LogP contribution in [0.3, 0.4) is 0 Å². The van der Waals surface area contributed by atoms with Crippen LogP contribution in [0.5, 0.6) is 5.75 Å². The summed E-state index contributed by atoms with van der Waals surface area (Å²) >= 11 is 0. The third kappa shape index (κ3) is 4.27. The smallest absolute Gasteiger partial charge is 0.343 e. The number of hydrogen-bond acceptors (Lipinski definition) is 6. The number of H-pyrrole nitrogens is 1. The molecule has 1 aliphatic heterocycles. The lowest BCUT2D eigenvalue weighted by molar-refractivity contribution is 0.0599. The standard InChI is InChI=1S/C24H27N3O4/c1-16-12-20-22(25-14-21(23(20)28)24(29)31-3)13-17(16)15-26-8-10-27(11-9-26)18-4-6-19(30-2)7-5-18/h4-7,12-14H,8-11,15H2,1-3H3,(H,25,28). The number of ether oxygens (including phenoxy) is 2. The van der Waals surface area contributed by atoms with E-state index in [1.807, 2.05) is 31.2 Å². The van der Waals surface area contributed by atoms with Gasteiger partial charge >= 0.3 is 5.97 Å². The van der Waals surface area contributed by atoms with Crippen LogP contribution in [0.15, 0.2) is 47.4 Å². The Morgan fingerprint density at radius 2 is 1.77 bits per heavy atom. The number of aromatic nitrogens is 1. The molecule has 1 aliphatic rings. The van der Waals surface area contributed by atoms with Crippen molar-refractivity contribution in [1.29, 1.82) is 0 Å². The molecule has 2 aromatic carbocycles. The summed E-state index contributed by atoms with van der Waals surface area (Å²) in [5.41, 5.74) is 3.88. The minimum Gasteiger partial charge on any atom is -0.497 e. The van der Waals surface area contributed by atoms with Gasteiger partial charge in [0.25, 0.3) is 0 Å². The lowest BCUT2D eigenvalue weighted by Crippen LogP contribution is -2.46. The Bertz CT molecular complexity index is 1150. The Balaban J connectivity index is 1.47. The zero-order chi connectivity index (χ0) is 22.0. The van der Waals surface area contributed by atoms with Crippen molar-refractivity contribution in [2.75, 3.05) is 45.3 Å². The lowest BCUT2D eigenvalue weighted by Gasteiger charge is -2.36. The van der Waals surface area contributed by atoms with Crippen LogP contribution in [0.1, 0.15) is 21.5 Å². The van der Waals surface area contributed by atoms with Crippen molar-refractivity contribution < 1.29 is 14.3 Å². The molecule has 7 nitrogen and oxygen atoms in total. The number of rotatable bonds is 5. The predicted octanol–water partition coefficient (Wildman–Crippen LogP) is 2.95. The molecule has 0 bridgehead atoms. The highest BCUT2D eigenvalue weighted by Gasteiger charge is 2.19. The molecular weight excluding hydrogens is 394 g/mol. The number of esters is 1. The van der Waals surface area contributed by atoms with Crippen molar-refractivity contribution in [3.05, 3.63) is 69.5 Å². The number of aromatic amines is 1. The molecule has 0 saturated carbocycles. The van der Waals surface area contributed by atoms with Crippen LogP contribution in [0.2, 0.25) is 0 Å². The zero-order valence-corrected chi connectivity index (χ0v) is 18.1. The van der Waals surface area contributed by atoms with Gasteiger partial charge in [-0.05, 0) is 54.4 Å². The molecule has 0 aliphatic carbocycles. The predicted molar refractivity (Wildman–Crippen MR) is 121 cm³/mol. The first kappa shape index (κ1) is 20.9. The molecule has 1 aromatic heterocycles. The summed E-state index contributed by atoms with van der Waals surface area (Å²) in [5, 5.41) is 0.508. The van der Waals surface area contributed by atoms with Gasteiger partial charge in [0, 0.05) is 55.5 Å². The summed E-state index contributed by atoms with van der Waals surface area (Å²) < 4.78 is 9.94. The average molecular weight is 421 g/mol. The molecule has 1 saturated heterocycles. The number of anilines is 1. The van der Waals surface area contributed by atoms with Crippen LogP contribution in [0, 0.1) is 6.92 Å². The van der Waals surface area contributed by atoms with Gasteiger partial charge in [-0.25, -0.2) is 4.79 Å². The second-order valence-electron chi connectivity index (χ2n) is 7.81. The highest BCUT2D eigenvalue weighted by atomic mass is 16.5. The van der Waals surface area contributed by atoms with Crippen molar-refractivity contribution in [1.82, 2.24) is 9.88 Å². The number of fused-ring (bicyclic) bond motifs is 1. The molecule has 3 aromatic rings. The average Bonchev–Trinajstić information content (AvgIpc) is 2.80. The number of pyridine rings is 1. The van der Waals surface area contributed by atoms with E-state index in [-0.39, 0.29) is 11.0 Å². The fraction of sp³-hybridized carbons (Fsp3) is 0.333. The number of carbonyl (C=O) groups excluding carboxylic acids is 1. The topological polar surface area (TPSA) is 74.9 Å². The fourth-order valence-corrected chi connectivity index (χ4v) is 4.05. The Morgan fingerprint density at radius 3 is 2.42 bits per heavy atom.